The number of halogens is 2. The maximum atomic E-state index is 13.9. The molecule has 1 aromatic heterocycles. The van der Waals surface area contributed by atoms with Gasteiger partial charge in [0.2, 0.25) is 0 Å². The Labute approximate surface area is 171 Å². The first-order valence-electron chi connectivity index (χ1n) is 8.73. The van der Waals surface area contributed by atoms with E-state index in [1.807, 2.05) is 30.3 Å². The number of carbonyl (C=O) groups excluding carboxylic acids is 1. The summed E-state index contributed by atoms with van der Waals surface area (Å²) in [5.41, 5.74) is 1.86. The van der Waals surface area contributed by atoms with Crippen LogP contribution in [0, 0.1) is 5.82 Å². The second kappa shape index (κ2) is 9.16. The van der Waals surface area contributed by atoms with Gasteiger partial charge >= 0.3 is 6.09 Å². The lowest BCUT2D eigenvalue weighted by Crippen LogP contribution is -2.37. The smallest absolute Gasteiger partial charge is 0.409 e. The van der Waals surface area contributed by atoms with Gasteiger partial charge in [0, 0.05) is 18.6 Å². The van der Waals surface area contributed by atoms with Crippen molar-refractivity contribution in [3.63, 3.8) is 0 Å². The third-order valence-electron chi connectivity index (χ3n) is 4.39. The molecular weight excluding hydrogens is 429 g/mol. The fourth-order valence-corrected chi connectivity index (χ4v) is 3.43. The number of aromatic nitrogens is 2. The molecule has 0 saturated heterocycles. The van der Waals surface area contributed by atoms with Gasteiger partial charge in [-0.1, -0.05) is 30.3 Å². The van der Waals surface area contributed by atoms with E-state index in [4.69, 9.17) is 9.47 Å². The highest BCUT2D eigenvalue weighted by Gasteiger charge is 2.19. The summed E-state index contributed by atoms with van der Waals surface area (Å²) in [4.78, 5) is 17.9. The molecule has 0 aliphatic rings. The first kappa shape index (κ1) is 20.3. The molecule has 0 spiro atoms. The number of amides is 1. The maximum Gasteiger partial charge on any atom is 0.409 e. The number of likely N-dealkylation sites (N-methyl/N-ethyl adjacent to an activating group) is 1. The lowest BCUT2D eigenvalue weighted by atomic mass is 10.2. The highest BCUT2D eigenvalue weighted by molar-refractivity contribution is 9.10. The monoisotopic (exact) mass is 449 g/mol. The molecule has 1 unspecified atom stereocenters. The normalized spacial score (nSPS) is 12.1. The van der Waals surface area contributed by atoms with Crippen LogP contribution in [0.2, 0.25) is 0 Å². The topological polar surface area (TPSA) is 56.6 Å². The number of carbonyl (C=O) groups is 1. The fourth-order valence-electron chi connectivity index (χ4n) is 2.89. The summed E-state index contributed by atoms with van der Waals surface area (Å²) in [6, 6.07) is 12.5. The van der Waals surface area contributed by atoms with Crippen molar-refractivity contribution in [3.8, 4) is 0 Å². The highest BCUT2D eigenvalue weighted by atomic mass is 79.9. The van der Waals surface area contributed by atoms with Crippen LogP contribution < -0.4 is 0 Å². The van der Waals surface area contributed by atoms with E-state index in [-0.39, 0.29) is 18.5 Å². The molecule has 8 heteroatoms. The predicted molar refractivity (Wildman–Crippen MR) is 107 cm³/mol. The molecule has 148 valence electrons. The molecule has 3 rings (SSSR count). The van der Waals surface area contributed by atoms with Crippen LogP contribution in [0.4, 0.5) is 9.18 Å². The van der Waals surface area contributed by atoms with Crippen molar-refractivity contribution in [2.45, 2.75) is 19.3 Å². The van der Waals surface area contributed by atoms with Crippen molar-refractivity contribution in [2.24, 2.45) is 0 Å². The van der Waals surface area contributed by atoms with E-state index in [1.54, 1.807) is 31.1 Å². The Kier molecular flexibility index (Phi) is 6.64. The highest BCUT2D eigenvalue weighted by Crippen LogP contribution is 2.25. The minimum Gasteiger partial charge on any atom is -0.445 e. The van der Waals surface area contributed by atoms with Crippen molar-refractivity contribution in [1.82, 2.24) is 14.5 Å². The molecule has 1 amide bonds. The van der Waals surface area contributed by atoms with Crippen LogP contribution in [0.5, 0.6) is 0 Å². The van der Waals surface area contributed by atoms with Crippen LogP contribution in [0.1, 0.15) is 5.56 Å². The van der Waals surface area contributed by atoms with Gasteiger partial charge in [-0.05, 0) is 33.6 Å². The fraction of sp³-hybridized carbons (Fsp3) is 0.300. The van der Waals surface area contributed by atoms with Gasteiger partial charge in [0.25, 0.3) is 0 Å². The number of fused-ring (bicyclic) bond motifs is 1. The van der Waals surface area contributed by atoms with E-state index in [9.17, 15) is 9.18 Å². The maximum absolute atomic E-state index is 13.9. The number of hydrogen-bond donors (Lipinski definition) is 0. The van der Waals surface area contributed by atoms with Gasteiger partial charge in [-0.3, -0.25) is 0 Å². The first-order valence-corrected chi connectivity index (χ1v) is 9.52. The SMILES string of the molecule is COC(CN(C)C(=O)OCc1ccccc1)Cn1cnc2c(F)ccc(Br)c21. The molecule has 0 N–H and O–H groups in total. The zero-order chi connectivity index (χ0) is 20.1. The van der Waals surface area contributed by atoms with Crippen LogP contribution in [-0.2, 0) is 22.6 Å². The van der Waals surface area contributed by atoms with E-state index in [2.05, 4.69) is 20.9 Å². The van der Waals surface area contributed by atoms with E-state index >= 15 is 0 Å². The number of hydrogen-bond acceptors (Lipinski definition) is 4. The molecule has 2 aromatic carbocycles. The average molecular weight is 450 g/mol. The Morgan fingerprint density at radius 1 is 1.29 bits per heavy atom. The van der Waals surface area contributed by atoms with Gasteiger partial charge in [0.1, 0.15) is 12.1 Å². The molecule has 28 heavy (non-hydrogen) atoms. The number of imidazole rings is 1. The zero-order valence-corrected chi connectivity index (χ0v) is 17.2. The average Bonchev–Trinajstić information content (AvgIpc) is 3.14. The zero-order valence-electron chi connectivity index (χ0n) is 15.6. The predicted octanol–water partition coefficient (Wildman–Crippen LogP) is 4.22. The number of nitrogens with zero attached hydrogens (tertiary/aromatic N) is 3. The Hall–Kier alpha value is -2.45. The molecule has 1 heterocycles. The van der Waals surface area contributed by atoms with E-state index in [0.717, 1.165) is 10.0 Å². The second-order valence-electron chi connectivity index (χ2n) is 6.40. The summed E-state index contributed by atoms with van der Waals surface area (Å²) in [5.74, 6) is -0.382. The van der Waals surface area contributed by atoms with Gasteiger partial charge in [-0.15, -0.1) is 0 Å². The van der Waals surface area contributed by atoms with Gasteiger partial charge in [0.15, 0.2) is 5.82 Å². The summed E-state index contributed by atoms with van der Waals surface area (Å²) < 4.78 is 27.3. The van der Waals surface area contributed by atoms with Crippen LogP contribution in [0.25, 0.3) is 11.0 Å². The summed E-state index contributed by atoms with van der Waals surface area (Å²) in [6.07, 6.45) is 0.814. The Morgan fingerprint density at radius 2 is 2.04 bits per heavy atom. The molecule has 0 saturated carbocycles. The van der Waals surface area contributed by atoms with Crippen molar-refractivity contribution < 1.29 is 18.7 Å². The number of benzene rings is 2. The standard InChI is InChI=1S/C20H21BrFN3O3/c1-24(20(26)28-12-14-6-4-3-5-7-14)10-15(27-2)11-25-13-23-18-17(22)9-8-16(21)19(18)25/h3-9,13,15H,10-12H2,1-2H3. The Bertz CT molecular complexity index is 949. The summed E-state index contributed by atoms with van der Waals surface area (Å²) in [6.45, 7) is 0.933. The van der Waals surface area contributed by atoms with Gasteiger partial charge < -0.3 is 18.9 Å². The summed E-state index contributed by atoms with van der Waals surface area (Å²) >= 11 is 3.44. The van der Waals surface area contributed by atoms with Crippen molar-refractivity contribution in [1.29, 1.82) is 0 Å². The molecule has 0 aliphatic carbocycles. The van der Waals surface area contributed by atoms with Crippen molar-refractivity contribution >= 4 is 33.1 Å². The van der Waals surface area contributed by atoms with Crippen molar-refractivity contribution in [3.05, 3.63) is 64.6 Å². The number of methoxy groups -OCH3 is 1. The molecule has 0 bridgehead atoms. The van der Waals surface area contributed by atoms with Crippen LogP contribution in [-0.4, -0.2) is 47.4 Å². The third kappa shape index (κ3) is 4.69. The summed E-state index contributed by atoms with van der Waals surface area (Å²) in [7, 11) is 3.23. The van der Waals surface area contributed by atoms with E-state index < -0.39 is 6.09 Å². The molecule has 1 atom stereocenters. The van der Waals surface area contributed by atoms with E-state index in [1.165, 1.54) is 11.0 Å². The summed E-state index contributed by atoms with van der Waals surface area (Å²) in [5, 5.41) is 0. The molecule has 0 radical (unpaired) electrons. The van der Waals surface area contributed by atoms with Gasteiger partial charge in [0.05, 0.1) is 31.0 Å². The first-order chi connectivity index (χ1) is 13.5. The molecular formula is C20H21BrFN3O3. The number of rotatable bonds is 7. The second-order valence-corrected chi connectivity index (χ2v) is 7.26. The molecule has 3 aromatic rings. The third-order valence-corrected chi connectivity index (χ3v) is 5.03. The van der Waals surface area contributed by atoms with Crippen molar-refractivity contribution in [2.75, 3.05) is 20.7 Å². The molecule has 0 fully saturated rings. The minimum atomic E-state index is -0.436. The lowest BCUT2D eigenvalue weighted by Gasteiger charge is -2.23. The van der Waals surface area contributed by atoms with Crippen LogP contribution in [0.3, 0.4) is 0 Å². The quantitative estimate of drug-likeness (QED) is 0.541. The molecule has 6 nitrogen and oxygen atoms in total. The van der Waals surface area contributed by atoms with Crippen LogP contribution >= 0.6 is 15.9 Å². The minimum absolute atomic E-state index is 0.208. The van der Waals surface area contributed by atoms with Gasteiger partial charge in [-0.2, -0.15) is 0 Å². The Balaban J connectivity index is 1.62. The van der Waals surface area contributed by atoms with Gasteiger partial charge in [-0.25, -0.2) is 14.2 Å². The number of ether oxygens (including phenoxy) is 2. The largest absolute Gasteiger partial charge is 0.445 e. The molecule has 0 aliphatic heterocycles. The lowest BCUT2D eigenvalue weighted by molar-refractivity contribution is 0.0473. The van der Waals surface area contributed by atoms with Crippen LogP contribution in [0.15, 0.2) is 53.3 Å². The van der Waals surface area contributed by atoms with E-state index in [0.29, 0.717) is 24.1 Å². The Morgan fingerprint density at radius 3 is 2.75 bits per heavy atom.